The monoisotopic (exact) mass is 284 g/mol. The first-order valence-electron chi connectivity index (χ1n) is 6.56. The number of hydrogen-bond donors (Lipinski definition) is 1. The Kier molecular flexibility index (Phi) is 3.13. The molecule has 0 unspecified atom stereocenters. The lowest BCUT2D eigenvalue weighted by Crippen LogP contribution is -2.22. The second-order valence-electron chi connectivity index (χ2n) is 4.92. The van der Waals surface area contributed by atoms with Gasteiger partial charge in [0.15, 0.2) is 0 Å². The van der Waals surface area contributed by atoms with Gasteiger partial charge in [0.25, 0.3) is 5.56 Å². The molecule has 0 aliphatic carbocycles. The van der Waals surface area contributed by atoms with Crippen LogP contribution in [-0.2, 0) is 6.54 Å². The largest absolute Gasteiger partial charge is 0.496 e. The fraction of sp³-hybridized carbons (Fsp3) is 0.200. The molecule has 2 heterocycles. The molecule has 0 saturated carbocycles. The highest BCUT2D eigenvalue weighted by Crippen LogP contribution is 2.22. The minimum absolute atomic E-state index is 0.0861. The second kappa shape index (κ2) is 4.97. The highest BCUT2D eigenvalue weighted by atomic mass is 16.5. The van der Waals surface area contributed by atoms with Crippen LogP contribution in [0.2, 0.25) is 0 Å². The van der Waals surface area contributed by atoms with Crippen LogP contribution in [-0.4, -0.2) is 21.3 Å². The summed E-state index contributed by atoms with van der Waals surface area (Å²) >= 11 is 0. The zero-order valence-electron chi connectivity index (χ0n) is 11.9. The summed E-state index contributed by atoms with van der Waals surface area (Å²) in [5, 5.41) is 4.23. The molecule has 6 heteroatoms. The minimum Gasteiger partial charge on any atom is -0.496 e. The van der Waals surface area contributed by atoms with Crippen LogP contribution >= 0.6 is 0 Å². The van der Waals surface area contributed by atoms with Crippen molar-refractivity contribution in [3.05, 3.63) is 58.3 Å². The summed E-state index contributed by atoms with van der Waals surface area (Å²) in [6.45, 7) is 2.28. The lowest BCUT2D eigenvalue weighted by atomic mass is 10.2. The van der Waals surface area contributed by atoms with Gasteiger partial charge in [-0.2, -0.15) is 5.10 Å². The summed E-state index contributed by atoms with van der Waals surface area (Å²) < 4.78 is 8.54. The predicted molar refractivity (Wildman–Crippen MR) is 80.7 cm³/mol. The molecule has 2 N–H and O–H groups in total. The van der Waals surface area contributed by atoms with Crippen molar-refractivity contribution in [3.63, 3.8) is 0 Å². The van der Waals surface area contributed by atoms with Crippen LogP contribution in [0, 0.1) is 6.92 Å². The van der Waals surface area contributed by atoms with E-state index in [9.17, 15) is 4.79 Å². The first kappa shape index (κ1) is 13.2. The van der Waals surface area contributed by atoms with Gasteiger partial charge in [0, 0.05) is 29.7 Å². The third-order valence-corrected chi connectivity index (χ3v) is 3.38. The molecule has 0 spiro atoms. The fourth-order valence-electron chi connectivity index (χ4n) is 2.35. The van der Waals surface area contributed by atoms with E-state index in [2.05, 4.69) is 5.10 Å². The topological polar surface area (TPSA) is 74.6 Å². The van der Waals surface area contributed by atoms with E-state index in [1.165, 1.54) is 0 Å². The van der Waals surface area contributed by atoms with Crippen LogP contribution in [0.25, 0.3) is 5.52 Å². The fourth-order valence-corrected chi connectivity index (χ4v) is 2.35. The Labute approximate surface area is 121 Å². The van der Waals surface area contributed by atoms with Gasteiger partial charge in [-0.05, 0) is 19.1 Å². The number of hydrogen-bond acceptors (Lipinski definition) is 4. The zero-order chi connectivity index (χ0) is 15.0. The highest BCUT2D eigenvalue weighted by Gasteiger charge is 2.09. The predicted octanol–water partition coefficient (Wildman–Crippen LogP) is 1.44. The molecule has 0 bridgehead atoms. The van der Waals surface area contributed by atoms with Crippen LogP contribution in [0.4, 0.5) is 5.69 Å². The second-order valence-corrected chi connectivity index (χ2v) is 4.92. The van der Waals surface area contributed by atoms with Crippen LogP contribution < -0.4 is 16.0 Å². The first-order valence-corrected chi connectivity index (χ1v) is 6.56. The van der Waals surface area contributed by atoms with Crippen molar-refractivity contribution in [2.24, 2.45) is 0 Å². The molecule has 0 amide bonds. The van der Waals surface area contributed by atoms with Gasteiger partial charge >= 0.3 is 0 Å². The molecule has 3 aromatic rings. The van der Waals surface area contributed by atoms with Crippen molar-refractivity contribution in [1.82, 2.24) is 14.2 Å². The Morgan fingerprint density at radius 3 is 2.86 bits per heavy atom. The van der Waals surface area contributed by atoms with Gasteiger partial charge in [-0.15, -0.1) is 0 Å². The van der Waals surface area contributed by atoms with Crippen molar-refractivity contribution in [3.8, 4) is 5.75 Å². The SMILES string of the molecule is COc1cc(N)ccc1Cn1ccn2nc(C)cc2c1=O. The maximum Gasteiger partial charge on any atom is 0.276 e. The van der Waals surface area contributed by atoms with Gasteiger partial charge in [0.05, 0.1) is 19.3 Å². The van der Waals surface area contributed by atoms with E-state index < -0.39 is 0 Å². The van der Waals surface area contributed by atoms with E-state index in [1.54, 1.807) is 46.8 Å². The number of rotatable bonds is 3. The molecule has 0 aliphatic heterocycles. The van der Waals surface area contributed by atoms with Crippen molar-refractivity contribution >= 4 is 11.2 Å². The van der Waals surface area contributed by atoms with Crippen LogP contribution in [0.3, 0.4) is 0 Å². The Hall–Kier alpha value is -2.76. The third kappa shape index (κ3) is 2.35. The summed E-state index contributed by atoms with van der Waals surface area (Å²) in [5.41, 5.74) is 8.56. The van der Waals surface area contributed by atoms with Crippen LogP contribution in [0.1, 0.15) is 11.3 Å². The average molecular weight is 284 g/mol. The molecule has 2 aromatic heterocycles. The van der Waals surface area contributed by atoms with E-state index in [-0.39, 0.29) is 5.56 Å². The standard InChI is InChI=1S/C15H16N4O2/c1-10-7-13-15(20)18(5-6-19(13)17-10)9-11-3-4-12(16)8-14(11)21-2/h3-8H,9,16H2,1-2H3. The normalized spacial score (nSPS) is 11.0. The smallest absolute Gasteiger partial charge is 0.276 e. The number of benzene rings is 1. The van der Waals surface area contributed by atoms with E-state index in [0.717, 1.165) is 11.3 Å². The van der Waals surface area contributed by atoms with Crippen molar-refractivity contribution in [2.45, 2.75) is 13.5 Å². The molecule has 0 aliphatic rings. The van der Waals surface area contributed by atoms with Crippen molar-refractivity contribution in [1.29, 1.82) is 0 Å². The number of nitrogens with zero attached hydrogens (tertiary/aromatic N) is 3. The minimum atomic E-state index is -0.0861. The lowest BCUT2D eigenvalue weighted by molar-refractivity contribution is 0.408. The molecule has 3 rings (SSSR count). The number of fused-ring (bicyclic) bond motifs is 1. The zero-order valence-corrected chi connectivity index (χ0v) is 11.9. The Balaban J connectivity index is 2.06. The summed E-state index contributed by atoms with van der Waals surface area (Å²) in [5.74, 6) is 0.673. The molecule has 0 saturated heterocycles. The highest BCUT2D eigenvalue weighted by molar-refractivity contribution is 5.49. The molecule has 0 fully saturated rings. The van der Waals surface area contributed by atoms with Gasteiger partial charge in [-0.25, -0.2) is 4.52 Å². The summed E-state index contributed by atoms with van der Waals surface area (Å²) in [7, 11) is 1.59. The molecule has 6 nitrogen and oxygen atoms in total. The first-order chi connectivity index (χ1) is 10.1. The maximum absolute atomic E-state index is 12.4. The van der Waals surface area contributed by atoms with E-state index in [4.69, 9.17) is 10.5 Å². The van der Waals surface area contributed by atoms with Gasteiger partial charge in [0.2, 0.25) is 0 Å². The van der Waals surface area contributed by atoms with Crippen molar-refractivity contribution in [2.75, 3.05) is 12.8 Å². The van der Waals surface area contributed by atoms with Gasteiger partial charge in [-0.3, -0.25) is 4.79 Å². The molecule has 108 valence electrons. The number of anilines is 1. The number of aromatic nitrogens is 3. The Morgan fingerprint density at radius 2 is 2.10 bits per heavy atom. The number of ether oxygens (including phenoxy) is 1. The maximum atomic E-state index is 12.4. The third-order valence-electron chi connectivity index (χ3n) is 3.38. The molecular formula is C15H16N4O2. The number of methoxy groups -OCH3 is 1. The van der Waals surface area contributed by atoms with E-state index in [0.29, 0.717) is 23.5 Å². The molecule has 21 heavy (non-hydrogen) atoms. The summed E-state index contributed by atoms with van der Waals surface area (Å²) in [6.07, 6.45) is 3.49. The molecule has 1 aromatic carbocycles. The van der Waals surface area contributed by atoms with Crippen LogP contribution in [0.15, 0.2) is 41.5 Å². The quantitative estimate of drug-likeness (QED) is 0.739. The van der Waals surface area contributed by atoms with Crippen molar-refractivity contribution < 1.29 is 4.74 Å². The number of nitrogen functional groups attached to an aromatic ring is 1. The summed E-state index contributed by atoms with van der Waals surface area (Å²) in [4.78, 5) is 12.4. The molecular weight excluding hydrogens is 268 g/mol. The summed E-state index contributed by atoms with van der Waals surface area (Å²) in [6, 6.07) is 7.19. The van der Waals surface area contributed by atoms with E-state index in [1.807, 2.05) is 13.0 Å². The van der Waals surface area contributed by atoms with E-state index >= 15 is 0 Å². The Morgan fingerprint density at radius 1 is 1.29 bits per heavy atom. The average Bonchev–Trinajstić information content (AvgIpc) is 2.85. The number of nitrogens with two attached hydrogens (primary N) is 1. The van der Waals surface area contributed by atoms with Gasteiger partial charge < -0.3 is 15.0 Å². The number of aryl methyl sites for hydroxylation is 1. The van der Waals surface area contributed by atoms with Gasteiger partial charge in [0.1, 0.15) is 11.3 Å². The lowest BCUT2D eigenvalue weighted by Gasteiger charge is -2.11. The molecule has 0 radical (unpaired) electrons. The Bertz CT molecular complexity index is 864. The van der Waals surface area contributed by atoms with Crippen LogP contribution in [0.5, 0.6) is 5.75 Å². The molecule has 0 atom stereocenters. The van der Waals surface area contributed by atoms with Gasteiger partial charge in [-0.1, -0.05) is 6.07 Å².